The van der Waals surface area contributed by atoms with E-state index in [9.17, 15) is 0 Å². The van der Waals surface area contributed by atoms with Crippen LogP contribution in [0, 0.1) is 0 Å². The SMILES string of the molecule is C[C](C)(C)[Pb]([Cl])([c]1ccccc1)[c]1ccccc1. The van der Waals surface area contributed by atoms with Crippen molar-refractivity contribution in [2.24, 2.45) is 0 Å². The van der Waals surface area contributed by atoms with Crippen molar-refractivity contribution in [3.63, 3.8) is 0 Å². The number of hydrogen-bond donors (Lipinski definition) is 0. The fourth-order valence-corrected chi connectivity index (χ4v) is 17.7. The van der Waals surface area contributed by atoms with Gasteiger partial charge >= 0.3 is 119 Å². The summed E-state index contributed by atoms with van der Waals surface area (Å²) in [6.07, 6.45) is 0. The van der Waals surface area contributed by atoms with Crippen molar-refractivity contribution in [2.75, 3.05) is 0 Å². The molecule has 94 valence electrons. The molecule has 0 aliphatic rings. The van der Waals surface area contributed by atoms with Gasteiger partial charge in [-0.15, -0.1) is 0 Å². The quantitative estimate of drug-likeness (QED) is 0.607. The Balaban J connectivity index is 2.63. The molecule has 2 aromatic rings. The molecule has 18 heavy (non-hydrogen) atoms. The predicted octanol–water partition coefficient (Wildman–Crippen LogP) is 3.79. The normalized spacial score (nSPS) is 12.4. The summed E-state index contributed by atoms with van der Waals surface area (Å²) in [4.78, 5) is 0. The van der Waals surface area contributed by atoms with Crippen molar-refractivity contribution in [3.05, 3.63) is 60.7 Å². The van der Waals surface area contributed by atoms with Crippen molar-refractivity contribution >= 4 is 34.5 Å². The third kappa shape index (κ3) is 2.50. The summed E-state index contributed by atoms with van der Waals surface area (Å²) in [5.74, 6) is 0. The van der Waals surface area contributed by atoms with Crippen LogP contribution in [0.4, 0.5) is 0 Å². The van der Waals surface area contributed by atoms with Crippen molar-refractivity contribution in [1.29, 1.82) is 0 Å². The summed E-state index contributed by atoms with van der Waals surface area (Å²) in [5, 5.41) is 0. The molecule has 0 heterocycles. The van der Waals surface area contributed by atoms with Crippen LogP contribution < -0.4 is 6.25 Å². The predicted molar refractivity (Wildman–Crippen MR) is 83.5 cm³/mol. The van der Waals surface area contributed by atoms with Crippen LogP contribution >= 0.6 is 8.32 Å². The molecule has 0 spiro atoms. The first-order chi connectivity index (χ1) is 8.46. The Labute approximate surface area is 118 Å². The van der Waals surface area contributed by atoms with E-state index in [1.54, 1.807) is 0 Å². The molecule has 2 rings (SSSR count). The van der Waals surface area contributed by atoms with Gasteiger partial charge in [0.2, 0.25) is 0 Å². The molecule has 0 saturated carbocycles. The zero-order chi connectivity index (χ0) is 13.2. The first-order valence-electron chi connectivity index (χ1n) is 6.26. The Morgan fingerprint density at radius 1 is 0.722 bits per heavy atom. The fourth-order valence-electron chi connectivity index (χ4n) is 2.37. The van der Waals surface area contributed by atoms with Crippen LogP contribution in [0.15, 0.2) is 60.7 Å². The number of halogens is 1. The first-order valence-corrected chi connectivity index (χ1v) is 16.9. The summed E-state index contributed by atoms with van der Waals surface area (Å²) in [5.41, 5.74) is 0. The molecule has 0 bridgehead atoms. The zero-order valence-corrected chi connectivity index (χ0v) is 15.8. The van der Waals surface area contributed by atoms with Gasteiger partial charge < -0.3 is 0 Å². The van der Waals surface area contributed by atoms with E-state index in [4.69, 9.17) is 8.32 Å². The van der Waals surface area contributed by atoms with Crippen LogP contribution in [0.5, 0.6) is 0 Å². The molecule has 0 aliphatic heterocycles. The number of benzene rings is 2. The molecule has 0 unspecified atom stereocenters. The summed E-state index contributed by atoms with van der Waals surface area (Å²) in [6, 6.07) is 21.3. The van der Waals surface area contributed by atoms with Crippen molar-refractivity contribution in [2.45, 2.75) is 23.7 Å². The van der Waals surface area contributed by atoms with Crippen molar-refractivity contribution < 1.29 is 0 Å². The van der Waals surface area contributed by atoms with E-state index in [1.165, 1.54) is 6.25 Å². The second kappa shape index (κ2) is 5.34. The maximum absolute atomic E-state index is 7.29. The molecular weight excluding hydrogens is 435 g/mol. The van der Waals surface area contributed by atoms with Crippen LogP contribution in [-0.2, 0) is 0 Å². The molecule has 2 heteroatoms. The fraction of sp³-hybridized carbons (Fsp3) is 0.250. The monoisotopic (exact) mass is 454 g/mol. The second-order valence-electron chi connectivity index (χ2n) is 5.64. The Hall–Kier alpha value is -0.348. The van der Waals surface area contributed by atoms with E-state index in [2.05, 4.69) is 81.4 Å². The van der Waals surface area contributed by atoms with Gasteiger partial charge in [-0.25, -0.2) is 0 Å². The van der Waals surface area contributed by atoms with E-state index < -0.39 is 19.9 Å². The maximum atomic E-state index is 7.29. The van der Waals surface area contributed by atoms with Gasteiger partial charge in [-0.2, -0.15) is 0 Å². The molecule has 0 radical (unpaired) electrons. The molecule has 0 aromatic heterocycles. The Bertz CT molecular complexity index is 460. The van der Waals surface area contributed by atoms with Gasteiger partial charge in [-0.05, 0) is 0 Å². The zero-order valence-electron chi connectivity index (χ0n) is 11.2. The van der Waals surface area contributed by atoms with Crippen LogP contribution in [0.2, 0.25) is 2.97 Å². The topological polar surface area (TPSA) is 0 Å². The molecule has 0 fully saturated rings. The average molecular weight is 454 g/mol. The molecule has 0 N–H and O–H groups in total. The Morgan fingerprint density at radius 2 is 1.06 bits per heavy atom. The second-order valence-corrected chi connectivity index (χ2v) is 26.1. The number of hydrogen-bond acceptors (Lipinski definition) is 0. The van der Waals surface area contributed by atoms with E-state index in [0.717, 1.165) is 0 Å². The van der Waals surface area contributed by atoms with Crippen molar-refractivity contribution in [1.82, 2.24) is 0 Å². The van der Waals surface area contributed by atoms with Crippen LogP contribution in [0.25, 0.3) is 0 Å². The van der Waals surface area contributed by atoms with Crippen LogP contribution in [0.1, 0.15) is 20.8 Å². The Kier molecular flexibility index (Phi) is 4.17. The minimum absolute atomic E-state index is 0.150. The van der Waals surface area contributed by atoms with Gasteiger partial charge in [0.1, 0.15) is 0 Å². The summed E-state index contributed by atoms with van der Waals surface area (Å²) in [7, 11) is 7.29. The van der Waals surface area contributed by atoms with Crippen LogP contribution in [-0.4, -0.2) is 19.9 Å². The van der Waals surface area contributed by atoms with Gasteiger partial charge in [0.25, 0.3) is 0 Å². The molecule has 0 aliphatic carbocycles. The third-order valence-electron chi connectivity index (χ3n) is 3.38. The van der Waals surface area contributed by atoms with Crippen molar-refractivity contribution in [3.8, 4) is 0 Å². The van der Waals surface area contributed by atoms with E-state index in [1.807, 2.05) is 0 Å². The van der Waals surface area contributed by atoms with Gasteiger partial charge in [0, 0.05) is 0 Å². The molecule has 0 nitrogen and oxygen atoms in total. The van der Waals surface area contributed by atoms with Gasteiger partial charge in [-0.1, -0.05) is 0 Å². The standard InChI is InChI=1S/2C6H5.C4H9.ClH.Pb/c2*1-2-4-6-5-3-1;1-4(2)3;;/h2*1-5H;1-3H3;1H;/q;;;;+1/p-1. The first kappa shape index (κ1) is 14.1. The average Bonchev–Trinajstić information content (AvgIpc) is 2.38. The molecule has 0 amide bonds. The third-order valence-corrected chi connectivity index (χ3v) is 29.0. The number of rotatable bonds is 2. The summed E-state index contributed by atoms with van der Waals surface area (Å²) >= 11 is -3.27. The Morgan fingerprint density at radius 3 is 1.33 bits per heavy atom. The molecular formula is C16H19ClPb. The molecule has 0 saturated heterocycles. The van der Waals surface area contributed by atoms with Gasteiger partial charge in [0.15, 0.2) is 0 Å². The van der Waals surface area contributed by atoms with Crippen LogP contribution in [0.3, 0.4) is 0 Å². The van der Waals surface area contributed by atoms with E-state index in [-0.39, 0.29) is 2.97 Å². The molecule has 0 atom stereocenters. The van der Waals surface area contributed by atoms with E-state index in [0.29, 0.717) is 0 Å². The summed E-state index contributed by atoms with van der Waals surface area (Å²) < 4.78 is 2.88. The van der Waals surface area contributed by atoms with Gasteiger partial charge in [0.05, 0.1) is 0 Å². The van der Waals surface area contributed by atoms with E-state index >= 15 is 0 Å². The van der Waals surface area contributed by atoms with Gasteiger partial charge in [-0.3, -0.25) is 0 Å². The minimum atomic E-state index is -3.27. The molecule has 2 aromatic carbocycles. The summed E-state index contributed by atoms with van der Waals surface area (Å²) in [6.45, 7) is 6.84.